The number of fused-ring (bicyclic) bond motifs is 1. The number of hydrogen-bond acceptors (Lipinski definition) is 6. The van der Waals surface area contributed by atoms with E-state index in [0.29, 0.717) is 43.6 Å². The summed E-state index contributed by atoms with van der Waals surface area (Å²) in [5, 5.41) is 2.80. The van der Waals surface area contributed by atoms with Crippen molar-refractivity contribution in [1.82, 2.24) is 14.8 Å². The molecule has 1 aliphatic heterocycles. The van der Waals surface area contributed by atoms with Gasteiger partial charge in [0.1, 0.15) is 5.82 Å². The van der Waals surface area contributed by atoms with E-state index in [1.54, 1.807) is 31.3 Å². The molecule has 0 unspecified atom stereocenters. The van der Waals surface area contributed by atoms with E-state index in [4.69, 9.17) is 9.47 Å². The zero-order valence-electron chi connectivity index (χ0n) is 18.8. The van der Waals surface area contributed by atoms with E-state index in [0.717, 1.165) is 16.7 Å². The molecule has 0 saturated heterocycles. The first-order chi connectivity index (χ1) is 14.9. The second-order valence-electron chi connectivity index (χ2n) is 7.41. The average molecular weight is 461 g/mol. The highest BCUT2D eigenvalue weighted by Crippen LogP contribution is 2.31. The molecule has 1 aromatic carbocycles. The smallest absolute Gasteiger partial charge is 0.246 e. The number of likely N-dealkylation sites (N-methyl/N-ethyl adjacent to an activating group) is 2. The average Bonchev–Trinajstić information content (AvgIpc) is 2.88. The highest BCUT2D eigenvalue weighted by atomic mass is 35.5. The molecule has 2 aromatic rings. The highest BCUT2D eigenvalue weighted by Gasteiger charge is 2.18. The topological polar surface area (TPSA) is 84.0 Å². The molecular formula is C23H29ClN4O4. The Morgan fingerprint density at radius 3 is 2.84 bits per heavy atom. The number of carbonyl (C=O) groups excluding carboxylic acids is 2. The molecular weight excluding hydrogens is 432 g/mol. The molecule has 32 heavy (non-hydrogen) atoms. The maximum absolute atomic E-state index is 12.7. The molecule has 0 radical (unpaired) electrons. The molecule has 0 aliphatic carbocycles. The summed E-state index contributed by atoms with van der Waals surface area (Å²) in [7, 11) is 5.21. The molecule has 1 aliphatic rings. The van der Waals surface area contributed by atoms with Crippen molar-refractivity contribution in [2.24, 2.45) is 0 Å². The lowest BCUT2D eigenvalue weighted by molar-refractivity contribution is -0.125. The molecule has 0 bridgehead atoms. The third-order valence-electron chi connectivity index (χ3n) is 4.87. The summed E-state index contributed by atoms with van der Waals surface area (Å²) in [6.45, 7) is 3.75. The van der Waals surface area contributed by atoms with Crippen molar-refractivity contribution in [2.45, 2.75) is 20.0 Å². The summed E-state index contributed by atoms with van der Waals surface area (Å²) < 4.78 is 11.1. The largest absolute Gasteiger partial charge is 0.493 e. The van der Waals surface area contributed by atoms with Crippen molar-refractivity contribution >= 4 is 36.1 Å². The summed E-state index contributed by atoms with van der Waals surface area (Å²) in [6.07, 6.45) is 4.89. The Morgan fingerprint density at radius 2 is 2.12 bits per heavy atom. The van der Waals surface area contributed by atoms with Crippen molar-refractivity contribution in [2.75, 3.05) is 39.7 Å². The molecule has 0 fully saturated rings. The fourth-order valence-corrected chi connectivity index (χ4v) is 3.43. The molecule has 0 saturated carbocycles. The van der Waals surface area contributed by atoms with E-state index in [1.807, 2.05) is 43.1 Å². The quantitative estimate of drug-likeness (QED) is 0.639. The normalized spacial score (nSPS) is 13.6. The molecule has 1 N–H and O–H groups in total. The predicted octanol–water partition coefficient (Wildman–Crippen LogP) is 2.97. The number of anilines is 1. The van der Waals surface area contributed by atoms with Gasteiger partial charge in [0.2, 0.25) is 11.8 Å². The number of para-hydroxylation sites is 1. The van der Waals surface area contributed by atoms with Gasteiger partial charge in [-0.05, 0) is 37.7 Å². The van der Waals surface area contributed by atoms with Crippen LogP contribution in [0.3, 0.4) is 0 Å². The minimum atomic E-state index is -0.149. The van der Waals surface area contributed by atoms with Gasteiger partial charge in [-0.15, -0.1) is 12.4 Å². The Hall–Kier alpha value is -3.10. The molecule has 1 aromatic heterocycles. The van der Waals surface area contributed by atoms with Gasteiger partial charge in [-0.1, -0.05) is 12.1 Å². The number of amides is 2. The van der Waals surface area contributed by atoms with Gasteiger partial charge in [0, 0.05) is 43.5 Å². The molecule has 9 heteroatoms. The third kappa shape index (κ3) is 6.21. The van der Waals surface area contributed by atoms with Gasteiger partial charge in [-0.3, -0.25) is 14.5 Å². The zero-order valence-corrected chi connectivity index (χ0v) is 19.6. The first-order valence-corrected chi connectivity index (χ1v) is 10.1. The molecule has 0 atom stereocenters. The first-order valence-electron chi connectivity index (χ1n) is 10.1. The summed E-state index contributed by atoms with van der Waals surface area (Å²) in [5.74, 6) is 1.62. The van der Waals surface area contributed by atoms with Crippen molar-refractivity contribution in [3.8, 4) is 11.5 Å². The van der Waals surface area contributed by atoms with Crippen LogP contribution in [0.5, 0.6) is 11.5 Å². The number of ether oxygens (including phenoxy) is 2. The van der Waals surface area contributed by atoms with Crippen molar-refractivity contribution in [1.29, 1.82) is 0 Å². The summed E-state index contributed by atoms with van der Waals surface area (Å²) >= 11 is 0. The van der Waals surface area contributed by atoms with Gasteiger partial charge in [-0.25, -0.2) is 4.98 Å². The summed E-state index contributed by atoms with van der Waals surface area (Å²) in [6, 6.07) is 7.58. The van der Waals surface area contributed by atoms with E-state index in [-0.39, 0.29) is 24.2 Å². The molecule has 172 valence electrons. The fourth-order valence-electron chi connectivity index (χ4n) is 3.43. The van der Waals surface area contributed by atoms with Crippen molar-refractivity contribution in [3.63, 3.8) is 0 Å². The van der Waals surface area contributed by atoms with Crippen LogP contribution in [0.2, 0.25) is 0 Å². The second kappa shape index (κ2) is 11.5. The number of benzene rings is 1. The van der Waals surface area contributed by atoms with Crippen LogP contribution in [0.25, 0.3) is 6.08 Å². The van der Waals surface area contributed by atoms with Crippen LogP contribution >= 0.6 is 12.4 Å². The fraction of sp³-hybridized carbons (Fsp3) is 0.348. The number of pyridine rings is 1. The van der Waals surface area contributed by atoms with Crippen LogP contribution < -0.4 is 14.8 Å². The number of hydrogen-bond donors (Lipinski definition) is 1. The Balaban J connectivity index is 0.00000363. The number of carbonyl (C=O) groups is 2. The van der Waals surface area contributed by atoms with Gasteiger partial charge >= 0.3 is 0 Å². The Kier molecular flexibility index (Phi) is 9.04. The number of methoxy groups -OCH3 is 1. The second-order valence-corrected chi connectivity index (χ2v) is 7.41. The Bertz CT molecular complexity index is 996. The minimum Gasteiger partial charge on any atom is -0.493 e. The minimum absolute atomic E-state index is 0. The first kappa shape index (κ1) is 25.2. The number of rotatable bonds is 7. The van der Waals surface area contributed by atoms with Gasteiger partial charge < -0.3 is 19.7 Å². The van der Waals surface area contributed by atoms with Crippen LogP contribution in [0, 0.1) is 0 Å². The van der Waals surface area contributed by atoms with E-state index in [2.05, 4.69) is 10.3 Å². The maximum Gasteiger partial charge on any atom is 0.246 e. The molecule has 0 spiro atoms. The third-order valence-corrected chi connectivity index (χ3v) is 4.87. The number of nitrogens with zero attached hydrogens (tertiary/aromatic N) is 3. The van der Waals surface area contributed by atoms with Crippen molar-refractivity contribution in [3.05, 3.63) is 53.2 Å². The lowest BCUT2D eigenvalue weighted by Crippen LogP contribution is -2.26. The number of aromatic nitrogens is 1. The van der Waals surface area contributed by atoms with Crippen LogP contribution in [-0.4, -0.2) is 61.0 Å². The van der Waals surface area contributed by atoms with E-state index in [1.165, 1.54) is 6.08 Å². The van der Waals surface area contributed by atoms with E-state index < -0.39 is 0 Å². The predicted molar refractivity (Wildman–Crippen MR) is 126 cm³/mol. The van der Waals surface area contributed by atoms with Gasteiger partial charge in [0.05, 0.1) is 20.3 Å². The molecule has 2 heterocycles. The van der Waals surface area contributed by atoms with Crippen LogP contribution in [0.4, 0.5) is 5.82 Å². The summed E-state index contributed by atoms with van der Waals surface area (Å²) in [4.78, 5) is 32.3. The number of nitrogens with one attached hydrogen (secondary N) is 1. The Labute approximate surface area is 194 Å². The van der Waals surface area contributed by atoms with E-state index in [9.17, 15) is 9.59 Å². The molecule has 3 rings (SSSR count). The SMILES string of the molecule is CCOc1cccc(CN(C)C(=O)/C=C/c2cnc3c(c2)CN(C)CC(=O)N3)c1OC.Cl. The zero-order chi connectivity index (χ0) is 22.4. The van der Waals surface area contributed by atoms with Crippen LogP contribution in [-0.2, 0) is 22.7 Å². The lowest BCUT2D eigenvalue weighted by Gasteiger charge is -2.19. The van der Waals surface area contributed by atoms with Gasteiger partial charge in [0.25, 0.3) is 0 Å². The molecule has 2 amide bonds. The number of halogens is 1. The van der Waals surface area contributed by atoms with Gasteiger partial charge in [-0.2, -0.15) is 0 Å². The standard InChI is InChI=1S/C23H28N4O4.ClH/c1-5-31-19-8-6-7-17(22(19)30-4)14-27(3)21(29)10-9-16-11-18-13-26(2)15-20(28)25-23(18)24-12-16;/h6-12H,5,13-15H2,1-4H3,(H,24,25,28);1H/b10-9+;. The molecule has 8 nitrogen and oxygen atoms in total. The highest BCUT2D eigenvalue weighted by molar-refractivity contribution is 5.93. The Morgan fingerprint density at radius 1 is 1.34 bits per heavy atom. The van der Waals surface area contributed by atoms with Gasteiger partial charge in [0.15, 0.2) is 11.5 Å². The van der Waals surface area contributed by atoms with Crippen molar-refractivity contribution < 1.29 is 19.1 Å². The summed E-state index contributed by atoms with van der Waals surface area (Å²) in [5.41, 5.74) is 2.57. The van der Waals surface area contributed by atoms with Crippen LogP contribution in [0.1, 0.15) is 23.6 Å². The lowest BCUT2D eigenvalue weighted by atomic mass is 10.1. The van der Waals surface area contributed by atoms with E-state index >= 15 is 0 Å². The maximum atomic E-state index is 12.7. The van der Waals surface area contributed by atoms with Crippen LogP contribution in [0.15, 0.2) is 36.5 Å². The monoisotopic (exact) mass is 460 g/mol.